The van der Waals surface area contributed by atoms with E-state index >= 15 is 0 Å². The summed E-state index contributed by atoms with van der Waals surface area (Å²) in [5, 5.41) is 17.2. The molecule has 0 aliphatic carbocycles. The van der Waals surface area contributed by atoms with E-state index in [2.05, 4.69) is 5.10 Å². The fourth-order valence-corrected chi connectivity index (χ4v) is 3.31. The minimum atomic E-state index is -0.892. The third kappa shape index (κ3) is 3.82. The third-order valence-electron chi connectivity index (χ3n) is 4.90. The number of rotatable bonds is 4. The molecule has 0 radical (unpaired) electrons. The molecule has 0 aliphatic rings. The van der Waals surface area contributed by atoms with E-state index in [0.717, 1.165) is 21.6 Å². The van der Waals surface area contributed by atoms with Gasteiger partial charge >= 0.3 is 0 Å². The fraction of sp³-hybridized carbons (Fsp3) is 0.125. The molecule has 0 amide bonds. The van der Waals surface area contributed by atoms with Crippen LogP contribution in [0.5, 0.6) is 0 Å². The number of hydroxylamine groups is 1. The molecule has 7 heteroatoms. The van der Waals surface area contributed by atoms with Gasteiger partial charge in [-0.05, 0) is 44.2 Å². The lowest BCUT2D eigenvalue weighted by atomic mass is 10.0. The molecule has 0 saturated carbocycles. The summed E-state index contributed by atoms with van der Waals surface area (Å²) in [4.78, 5) is 13.0. The minimum Gasteiger partial charge on any atom is -0.624 e. The lowest BCUT2D eigenvalue weighted by molar-refractivity contribution is -0.487. The van der Waals surface area contributed by atoms with Crippen molar-refractivity contribution in [2.45, 2.75) is 19.9 Å². The van der Waals surface area contributed by atoms with Gasteiger partial charge in [0.25, 0.3) is 5.56 Å². The van der Waals surface area contributed by atoms with E-state index in [1.54, 1.807) is 62.4 Å². The van der Waals surface area contributed by atoms with Crippen molar-refractivity contribution >= 4 is 17.0 Å². The monoisotopic (exact) mass is 419 g/mol. The molecule has 4 aromatic rings. The number of fused-ring (bicyclic) bond motifs is 1. The molecule has 0 spiro atoms. The van der Waals surface area contributed by atoms with Crippen LogP contribution in [-0.4, -0.2) is 26.8 Å². The van der Waals surface area contributed by atoms with Crippen molar-refractivity contribution in [2.24, 2.45) is 0 Å². The van der Waals surface area contributed by atoms with Gasteiger partial charge < -0.3 is 5.21 Å². The summed E-state index contributed by atoms with van der Waals surface area (Å²) in [7, 11) is 0. The van der Waals surface area contributed by atoms with Gasteiger partial charge in [-0.2, -0.15) is 9.78 Å². The number of hydrogen-bond acceptors (Lipinski definition) is 3. The normalized spacial score (nSPS) is 12.0. The molecule has 4 rings (SSSR count). The van der Waals surface area contributed by atoms with Crippen LogP contribution in [0.4, 0.5) is 8.78 Å². The number of aromatic nitrogens is 2. The van der Waals surface area contributed by atoms with Gasteiger partial charge in [0.1, 0.15) is 5.69 Å². The van der Waals surface area contributed by atoms with Gasteiger partial charge in [-0.1, -0.05) is 36.4 Å². The highest BCUT2D eigenvalue weighted by atomic mass is 19.1. The maximum absolute atomic E-state index is 14.4. The van der Waals surface area contributed by atoms with Crippen molar-refractivity contribution in [3.8, 4) is 16.9 Å². The van der Waals surface area contributed by atoms with Crippen LogP contribution in [0.25, 0.3) is 27.7 Å². The fourth-order valence-electron chi connectivity index (χ4n) is 3.31. The summed E-state index contributed by atoms with van der Waals surface area (Å²) in [6.07, 6.45) is 1.46. The predicted octanol–water partition coefficient (Wildman–Crippen LogP) is 4.67. The van der Waals surface area contributed by atoms with Crippen molar-refractivity contribution in [3.63, 3.8) is 0 Å². The number of halogens is 2. The topological polar surface area (TPSA) is 61.0 Å². The van der Waals surface area contributed by atoms with E-state index in [4.69, 9.17) is 0 Å². The zero-order valence-electron chi connectivity index (χ0n) is 16.9. The summed E-state index contributed by atoms with van der Waals surface area (Å²) in [6, 6.07) is 16.9. The SMILES string of the molecule is CC(C)/[N+]([O-])=C/c1cccc(-c2nn(-c3c(F)cccc3F)c(=O)c3ccccc23)c1. The van der Waals surface area contributed by atoms with E-state index in [1.807, 2.05) is 0 Å². The molecule has 31 heavy (non-hydrogen) atoms. The van der Waals surface area contributed by atoms with Crippen molar-refractivity contribution < 1.29 is 13.5 Å². The third-order valence-corrected chi connectivity index (χ3v) is 4.90. The van der Waals surface area contributed by atoms with E-state index in [1.165, 1.54) is 12.3 Å². The van der Waals surface area contributed by atoms with Crippen LogP contribution < -0.4 is 5.56 Å². The molecule has 0 N–H and O–H groups in total. The molecule has 1 aromatic heterocycles. The van der Waals surface area contributed by atoms with Gasteiger partial charge in [0.15, 0.2) is 23.9 Å². The molecule has 0 bridgehead atoms. The first kappa shape index (κ1) is 20.4. The summed E-state index contributed by atoms with van der Waals surface area (Å²) in [6.45, 7) is 3.56. The Bertz CT molecular complexity index is 1360. The molecule has 1 heterocycles. The van der Waals surface area contributed by atoms with Gasteiger partial charge in [0.05, 0.1) is 11.1 Å². The second-order valence-electron chi connectivity index (χ2n) is 7.39. The summed E-state index contributed by atoms with van der Waals surface area (Å²) >= 11 is 0. The molecule has 0 atom stereocenters. The largest absolute Gasteiger partial charge is 0.624 e. The maximum atomic E-state index is 14.4. The molecule has 3 aromatic carbocycles. The second kappa shape index (κ2) is 8.10. The Kier molecular flexibility index (Phi) is 5.33. The maximum Gasteiger partial charge on any atom is 0.279 e. The zero-order valence-corrected chi connectivity index (χ0v) is 16.9. The van der Waals surface area contributed by atoms with E-state index < -0.39 is 22.9 Å². The highest BCUT2D eigenvalue weighted by Gasteiger charge is 2.18. The van der Waals surface area contributed by atoms with Crippen molar-refractivity contribution in [1.82, 2.24) is 9.78 Å². The molecular formula is C24H19F2N3O2. The van der Waals surface area contributed by atoms with Crippen LogP contribution >= 0.6 is 0 Å². The number of benzene rings is 3. The van der Waals surface area contributed by atoms with Crippen LogP contribution in [0.2, 0.25) is 0 Å². The summed E-state index contributed by atoms with van der Waals surface area (Å²) < 4.78 is 30.5. The average molecular weight is 419 g/mol. The van der Waals surface area contributed by atoms with Gasteiger partial charge in [0.2, 0.25) is 0 Å². The van der Waals surface area contributed by atoms with Crippen molar-refractivity contribution in [2.75, 3.05) is 0 Å². The molecule has 0 saturated heterocycles. The molecular weight excluding hydrogens is 400 g/mol. The zero-order chi connectivity index (χ0) is 22.1. The van der Waals surface area contributed by atoms with E-state index in [9.17, 15) is 18.8 Å². The van der Waals surface area contributed by atoms with Crippen LogP contribution in [-0.2, 0) is 0 Å². The highest BCUT2D eigenvalue weighted by Crippen LogP contribution is 2.27. The van der Waals surface area contributed by atoms with Gasteiger partial charge in [-0.15, -0.1) is 0 Å². The molecule has 156 valence electrons. The second-order valence-corrected chi connectivity index (χ2v) is 7.39. The van der Waals surface area contributed by atoms with E-state index in [0.29, 0.717) is 22.2 Å². The Morgan fingerprint density at radius 3 is 2.29 bits per heavy atom. The summed E-state index contributed by atoms with van der Waals surface area (Å²) in [5.41, 5.74) is 0.453. The molecule has 0 fully saturated rings. The summed E-state index contributed by atoms with van der Waals surface area (Å²) in [5.74, 6) is -1.78. The standard InChI is InChI=1S/C24H19F2N3O2/c1-15(2)28(31)14-16-7-5-8-17(13-16)22-18-9-3-4-10-19(18)24(30)29(27-22)23-20(25)11-6-12-21(23)26/h3-15H,1-2H3/b28-14-. The van der Waals surface area contributed by atoms with E-state index in [-0.39, 0.29) is 11.4 Å². The lowest BCUT2D eigenvalue weighted by Crippen LogP contribution is -2.24. The lowest BCUT2D eigenvalue weighted by Gasteiger charge is -2.13. The smallest absolute Gasteiger partial charge is 0.279 e. The number of para-hydroxylation sites is 1. The molecule has 0 aliphatic heterocycles. The van der Waals surface area contributed by atoms with Crippen molar-refractivity contribution in [1.29, 1.82) is 0 Å². The Labute approximate surface area is 177 Å². The number of hydrogen-bond donors (Lipinski definition) is 0. The average Bonchev–Trinajstić information content (AvgIpc) is 2.75. The first-order valence-corrected chi connectivity index (χ1v) is 9.74. The quantitative estimate of drug-likeness (QED) is 0.209. The van der Waals surface area contributed by atoms with Gasteiger partial charge in [0, 0.05) is 16.5 Å². The predicted molar refractivity (Wildman–Crippen MR) is 117 cm³/mol. The number of nitrogens with zero attached hydrogens (tertiary/aromatic N) is 3. The Balaban J connectivity index is 2.01. The molecule has 0 unspecified atom stereocenters. The van der Waals surface area contributed by atoms with Crippen LogP contribution in [0.15, 0.2) is 71.5 Å². The first-order chi connectivity index (χ1) is 14.9. The highest BCUT2D eigenvalue weighted by molar-refractivity contribution is 5.94. The Morgan fingerprint density at radius 2 is 1.61 bits per heavy atom. The Hall–Kier alpha value is -3.87. The van der Waals surface area contributed by atoms with Crippen LogP contribution in [0.3, 0.4) is 0 Å². The molecule has 5 nitrogen and oxygen atoms in total. The van der Waals surface area contributed by atoms with Crippen LogP contribution in [0, 0.1) is 16.8 Å². The van der Waals surface area contributed by atoms with Gasteiger partial charge in [-0.3, -0.25) is 4.79 Å². The van der Waals surface area contributed by atoms with Crippen LogP contribution in [0.1, 0.15) is 19.4 Å². The van der Waals surface area contributed by atoms with Gasteiger partial charge in [-0.25, -0.2) is 13.5 Å². The first-order valence-electron chi connectivity index (χ1n) is 9.74. The minimum absolute atomic E-state index is 0.228. The van der Waals surface area contributed by atoms with Crippen molar-refractivity contribution in [3.05, 3.63) is 99.5 Å². The Morgan fingerprint density at radius 1 is 0.968 bits per heavy atom.